The summed E-state index contributed by atoms with van der Waals surface area (Å²) in [5.74, 6) is -0.466. The molecule has 2 aromatic rings. The Balaban J connectivity index is 2.15. The molecule has 0 radical (unpaired) electrons. The van der Waals surface area contributed by atoms with Gasteiger partial charge in [0.1, 0.15) is 11.9 Å². The minimum atomic E-state index is -1.77. The lowest BCUT2D eigenvalue weighted by atomic mass is 10.3. The van der Waals surface area contributed by atoms with Gasteiger partial charge in [-0.25, -0.2) is 0 Å². The second kappa shape index (κ2) is 7.38. The molecule has 0 aliphatic heterocycles. The number of nitrogens with zero attached hydrogens (tertiary/aromatic N) is 1. The molecule has 0 aliphatic carbocycles. The summed E-state index contributed by atoms with van der Waals surface area (Å²) in [6, 6.07) is 11.8. The van der Waals surface area contributed by atoms with Crippen molar-refractivity contribution in [3.05, 3.63) is 59.4 Å². The van der Waals surface area contributed by atoms with E-state index in [2.05, 4.69) is 15.6 Å². The van der Waals surface area contributed by atoms with Gasteiger partial charge >= 0.3 is 0 Å². The first-order valence-electron chi connectivity index (χ1n) is 6.17. The van der Waals surface area contributed by atoms with Crippen LogP contribution in [0.15, 0.2) is 48.7 Å². The Kier molecular flexibility index (Phi) is 5.75. The summed E-state index contributed by atoms with van der Waals surface area (Å²) in [7, 11) is 0. The summed E-state index contributed by atoms with van der Waals surface area (Å²) in [6.45, 7) is 0. The SMILES string of the molecule is O=C(N[C@H](Nc1cccc(Cl)c1)C(Cl)(Cl)Cl)c1ccccn1. The number of anilines is 1. The average Bonchev–Trinajstić information content (AvgIpc) is 2.46. The van der Waals surface area contributed by atoms with Crippen LogP contribution in [0.5, 0.6) is 0 Å². The number of alkyl halides is 3. The van der Waals surface area contributed by atoms with Gasteiger partial charge in [-0.05, 0) is 30.3 Å². The number of hydrogen-bond acceptors (Lipinski definition) is 3. The van der Waals surface area contributed by atoms with Crippen molar-refractivity contribution in [2.24, 2.45) is 0 Å². The Morgan fingerprint density at radius 2 is 1.91 bits per heavy atom. The maximum atomic E-state index is 12.1. The molecule has 1 atom stereocenters. The molecule has 0 bridgehead atoms. The van der Waals surface area contributed by atoms with E-state index in [1.54, 1.807) is 42.5 Å². The highest BCUT2D eigenvalue weighted by atomic mass is 35.6. The molecule has 0 aliphatic rings. The number of hydrogen-bond donors (Lipinski definition) is 2. The predicted molar refractivity (Wildman–Crippen MR) is 90.9 cm³/mol. The molecule has 0 fully saturated rings. The number of rotatable bonds is 4. The summed E-state index contributed by atoms with van der Waals surface area (Å²) in [5, 5.41) is 6.03. The van der Waals surface area contributed by atoms with E-state index >= 15 is 0 Å². The van der Waals surface area contributed by atoms with Crippen LogP contribution in [0.4, 0.5) is 5.69 Å². The maximum Gasteiger partial charge on any atom is 0.271 e. The lowest BCUT2D eigenvalue weighted by molar-refractivity contribution is 0.0937. The van der Waals surface area contributed by atoms with E-state index in [0.717, 1.165) is 0 Å². The van der Waals surface area contributed by atoms with Gasteiger partial charge < -0.3 is 10.6 Å². The van der Waals surface area contributed by atoms with Crippen LogP contribution in [-0.4, -0.2) is 20.8 Å². The van der Waals surface area contributed by atoms with Crippen molar-refractivity contribution in [3.8, 4) is 0 Å². The minimum absolute atomic E-state index is 0.217. The summed E-state index contributed by atoms with van der Waals surface area (Å²) in [5.41, 5.74) is 0.819. The summed E-state index contributed by atoms with van der Waals surface area (Å²) in [4.78, 5) is 16.1. The van der Waals surface area contributed by atoms with Crippen LogP contribution in [0.1, 0.15) is 10.5 Å². The summed E-state index contributed by atoms with van der Waals surface area (Å²) < 4.78 is -1.77. The van der Waals surface area contributed by atoms with Crippen LogP contribution in [0.2, 0.25) is 5.02 Å². The van der Waals surface area contributed by atoms with E-state index in [0.29, 0.717) is 10.7 Å². The van der Waals surface area contributed by atoms with Gasteiger partial charge in [0.15, 0.2) is 0 Å². The third kappa shape index (κ3) is 4.92. The fraction of sp³-hybridized carbons (Fsp3) is 0.143. The van der Waals surface area contributed by atoms with Gasteiger partial charge in [-0.2, -0.15) is 0 Å². The molecule has 0 saturated heterocycles. The molecular formula is C14H11Cl4N3O. The highest BCUT2D eigenvalue weighted by Crippen LogP contribution is 2.31. The second-order valence-electron chi connectivity index (χ2n) is 4.32. The molecule has 0 spiro atoms. The molecule has 0 saturated carbocycles. The predicted octanol–water partition coefficient (Wildman–Crippen LogP) is 4.27. The Labute approximate surface area is 147 Å². The second-order valence-corrected chi connectivity index (χ2v) is 7.12. The molecule has 1 heterocycles. The zero-order valence-electron chi connectivity index (χ0n) is 11.1. The lowest BCUT2D eigenvalue weighted by Crippen LogP contribution is -2.49. The largest absolute Gasteiger partial charge is 0.362 e. The summed E-state index contributed by atoms with van der Waals surface area (Å²) in [6.07, 6.45) is 0.536. The van der Waals surface area contributed by atoms with Gasteiger partial charge in [-0.3, -0.25) is 9.78 Å². The Bertz CT molecular complexity index is 646. The van der Waals surface area contributed by atoms with Gasteiger partial charge in [0.2, 0.25) is 3.79 Å². The molecule has 1 aromatic carbocycles. The van der Waals surface area contributed by atoms with Crippen molar-refractivity contribution in [2.75, 3.05) is 5.32 Å². The highest BCUT2D eigenvalue weighted by Gasteiger charge is 2.34. The normalized spacial score (nSPS) is 12.5. The third-order valence-corrected chi connectivity index (χ3v) is 3.53. The zero-order valence-corrected chi connectivity index (χ0v) is 14.1. The summed E-state index contributed by atoms with van der Waals surface area (Å²) >= 11 is 23.7. The number of carbonyl (C=O) groups is 1. The van der Waals surface area contributed by atoms with E-state index in [9.17, 15) is 4.79 Å². The smallest absolute Gasteiger partial charge is 0.271 e. The van der Waals surface area contributed by atoms with Crippen molar-refractivity contribution in [1.82, 2.24) is 10.3 Å². The van der Waals surface area contributed by atoms with Crippen LogP contribution < -0.4 is 10.6 Å². The molecule has 8 heteroatoms. The van der Waals surface area contributed by atoms with Gasteiger partial charge in [0.25, 0.3) is 5.91 Å². The molecular weight excluding hydrogens is 368 g/mol. The van der Waals surface area contributed by atoms with E-state index < -0.39 is 15.9 Å². The van der Waals surface area contributed by atoms with E-state index in [1.807, 2.05) is 0 Å². The number of benzene rings is 1. The molecule has 0 unspecified atom stereocenters. The van der Waals surface area contributed by atoms with Crippen molar-refractivity contribution in [1.29, 1.82) is 0 Å². The zero-order chi connectivity index (χ0) is 16.2. The van der Waals surface area contributed by atoms with Crippen molar-refractivity contribution in [2.45, 2.75) is 9.96 Å². The fourth-order valence-corrected chi connectivity index (χ4v) is 2.16. The Hall–Kier alpha value is -1.20. The van der Waals surface area contributed by atoms with Crippen molar-refractivity contribution in [3.63, 3.8) is 0 Å². The molecule has 2 rings (SSSR count). The first-order valence-corrected chi connectivity index (χ1v) is 7.68. The van der Waals surface area contributed by atoms with E-state index in [4.69, 9.17) is 46.4 Å². The van der Waals surface area contributed by atoms with Crippen molar-refractivity contribution < 1.29 is 4.79 Å². The standard InChI is InChI=1S/C14H11Cl4N3O/c15-9-4-3-5-10(8-9)20-13(14(16,17)18)21-12(22)11-6-1-2-7-19-11/h1-8,13,20H,(H,21,22)/t13-/m0/s1. The molecule has 4 nitrogen and oxygen atoms in total. The maximum absolute atomic E-state index is 12.1. The lowest BCUT2D eigenvalue weighted by Gasteiger charge is -2.27. The first kappa shape index (κ1) is 17.2. The average molecular weight is 379 g/mol. The van der Waals surface area contributed by atoms with Crippen LogP contribution >= 0.6 is 46.4 Å². The van der Waals surface area contributed by atoms with Crippen LogP contribution in [0.25, 0.3) is 0 Å². The minimum Gasteiger partial charge on any atom is -0.362 e. The fourth-order valence-electron chi connectivity index (χ4n) is 1.65. The van der Waals surface area contributed by atoms with Crippen LogP contribution in [0.3, 0.4) is 0 Å². The number of halogens is 4. The Morgan fingerprint density at radius 1 is 1.14 bits per heavy atom. The van der Waals surface area contributed by atoms with Crippen molar-refractivity contribution >= 4 is 58.0 Å². The van der Waals surface area contributed by atoms with E-state index in [1.165, 1.54) is 6.20 Å². The van der Waals surface area contributed by atoms with Gasteiger partial charge in [0, 0.05) is 16.9 Å². The molecule has 2 N–H and O–H groups in total. The number of nitrogens with one attached hydrogen (secondary N) is 2. The topological polar surface area (TPSA) is 54.0 Å². The van der Waals surface area contributed by atoms with Gasteiger partial charge in [0.05, 0.1) is 0 Å². The molecule has 116 valence electrons. The van der Waals surface area contributed by atoms with Crippen LogP contribution in [-0.2, 0) is 0 Å². The van der Waals surface area contributed by atoms with E-state index in [-0.39, 0.29) is 5.69 Å². The van der Waals surface area contributed by atoms with Crippen LogP contribution in [0, 0.1) is 0 Å². The monoisotopic (exact) mass is 377 g/mol. The third-order valence-electron chi connectivity index (χ3n) is 2.64. The number of pyridine rings is 1. The Morgan fingerprint density at radius 3 is 2.50 bits per heavy atom. The van der Waals surface area contributed by atoms with Gasteiger partial charge in [-0.15, -0.1) is 0 Å². The van der Waals surface area contributed by atoms with Gasteiger partial charge in [-0.1, -0.05) is 58.5 Å². The number of amides is 1. The number of aromatic nitrogens is 1. The first-order chi connectivity index (χ1) is 10.4. The molecule has 1 aromatic heterocycles. The number of carbonyl (C=O) groups excluding carboxylic acids is 1. The highest BCUT2D eigenvalue weighted by molar-refractivity contribution is 6.68. The molecule has 1 amide bonds. The quantitative estimate of drug-likeness (QED) is 0.616. The molecule has 22 heavy (non-hydrogen) atoms.